The van der Waals surface area contributed by atoms with Gasteiger partial charge in [0.1, 0.15) is 12.5 Å². The summed E-state index contributed by atoms with van der Waals surface area (Å²) < 4.78 is 0. The number of hydrogen-bond acceptors (Lipinski definition) is 6. The number of guanidine groups is 1. The molecule has 0 aliphatic rings. The Morgan fingerprint density at radius 2 is 1.84 bits per heavy atom. The van der Waals surface area contributed by atoms with E-state index in [9.17, 15) is 14.4 Å². The van der Waals surface area contributed by atoms with E-state index in [2.05, 4.69) is 5.43 Å². The van der Waals surface area contributed by atoms with Crippen LogP contribution in [-0.4, -0.2) is 57.4 Å². The van der Waals surface area contributed by atoms with E-state index in [1.807, 2.05) is 0 Å². The van der Waals surface area contributed by atoms with Gasteiger partial charge in [-0.15, -0.1) is 0 Å². The van der Waals surface area contributed by atoms with Crippen molar-refractivity contribution in [1.82, 2.24) is 15.3 Å². The number of aliphatic carboxylic acids is 1. The predicted molar refractivity (Wildman–Crippen MR) is 118 cm³/mol. The summed E-state index contributed by atoms with van der Waals surface area (Å²) in [6.45, 7) is 3.82. The third-order valence-corrected chi connectivity index (χ3v) is 5.07. The number of halogens is 2. The lowest BCUT2D eigenvalue weighted by Crippen LogP contribution is -2.50. The molecule has 7 N–H and O–H groups in total. The summed E-state index contributed by atoms with van der Waals surface area (Å²) in [5.74, 6) is -2.85. The molecule has 0 fully saturated rings. The van der Waals surface area contributed by atoms with Crippen molar-refractivity contribution in [3.63, 3.8) is 0 Å². The van der Waals surface area contributed by atoms with Gasteiger partial charge in [0.2, 0.25) is 11.8 Å². The van der Waals surface area contributed by atoms with Crippen LogP contribution in [0.5, 0.6) is 0 Å². The summed E-state index contributed by atoms with van der Waals surface area (Å²) in [4.78, 5) is 37.0. The highest BCUT2D eigenvalue weighted by Crippen LogP contribution is 2.22. The Morgan fingerprint density at radius 3 is 2.35 bits per heavy atom. The molecule has 172 valence electrons. The van der Waals surface area contributed by atoms with Gasteiger partial charge in [0.25, 0.3) is 0 Å². The molecule has 10 nitrogen and oxygen atoms in total. The summed E-state index contributed by atoms with van der Waals surface area (Å²) in [6, 6.07) is 3.74. The van der Waals surface area contributed by atoms with Crippen LogP contribution in [0.2, 0.25) is 10.0 Å². The van der Waals surface area contributed by atoms with Crippen molar-refractivity contribution >= 4 is 46.9 Å². The largest absolute Gasteiger partial charge is 0.480 e. The van der Waals surface area contributed by atoms with Crippen LogP contribution in [-0.2, 0) is 20.9 Å². The molecule has 1 unspecified atom stereocenters. The van der Waals surface area contributed by atoms with Crippen LogP contribution >= 0.6 is 23.2 Å². The van der Waals surface area contributed by atoms with Crippen LogP contribution in [0.15, 0.2) is 18.2 Å². The molecule has 31 heavy (non-hydrogen) atoms. The van der Waals surface area contributed by atoms with Crippen LogP contribution < -0.4 is 16.9 Å². The maximum Gasteiger partial charge on any atom is 0.320 e. The highest BCUT2D eigenvalue weighted by atomic mass is 35.5. The predicted octanol–water partition coefficient (Wildman–Crippen LogP) is 1.54. The molecule has 0 aliphatic carbocycles. The average molecular weight is 475 g/mol. The number of rotatable bonds is 11. The minimum Gasteiger partial charge on any atom is -0.480 e. The number of nitrogens with zero attached hydrogens (tertiary/aromatic N) is 2. The van der Waals surface area contributed by atoms with E-state index in [0.29, 0.717) is 10.0 Å². The van der Waals surface area contributed by atoms with Crippen molar-refractivity contribution in [1.29, 1.82) is 5.41 Å². The second-order valence-corrected chi connectivity index (χ2v) is 7.95. The molecule has 0 spiro atoms. The summed E-state index contributed by atoms with van der Waals surface area (Å²) in [7, 11) is 0. The first-order valence-corrected chi connectivity index (χ1v) is 10.3. The number of carbonyl (C=O) groups is 3. The number of carboxylic acid groups (broad SMARTS) is 1. The van der Waals surface area contributed by atoms with E-state index in [1.165, 1.54) is 5.01 Å². The molecular weight excluding hydrogens is 447 g/mol. The molecule has 0 aliphatic heterocycles. The van der Waals surface area contributed by atoms with Crippen LogP contribution in [0, 0.1) is 5.41 Å². The number of amides is 2. The zero-order valence-corrected chi connectivity index (χ0v) is 18.9. The van der Waals surface area contributed by atoms with E-state index in [1.54, 1.807) is 32.0 Å². The maximum atomic E-state index is 12.7. The van der Waals surface area contributed by atoms with Crippen molar-refractivity contribution in [2.45, 2.75) is 51.7 Å². The van der Waals surface area contributed by atoms with Crippen molar-refractivity contribution < 1.29 is 19.5 Å². The highest BCUT2D eigenvalue weighted by molar-refractivity contribution is 6.42. The van der Waals surface area contributed by atoms with Crippen molar-refractivity contribution in [2.75, 3.05) is 6.54 Å². The van der Waals surface area contributed by atoms with Gasteiger partial charge in [-0.25, -0.2) is 5.43 Å². The lowest BCUT2D eigenvalue weighted by molar-refractivity contribution is -0.142. The van der Waals surface area contributed by atoms with Gasteiger partial charge in [-0.1, -0.05) is 29.3 Å². The zero-order valence-electron chi connectivity index (χ0n) is 17.4. The monoisotopic (exact) mass is 474 g/mol. The van der Waals surface area contributed by atoms with E-state index in [-0.39, 0.29) is 32.0 Å². The molecule has 0 radical (unpaired) electrons. The number of benzene rings is 1. The Labute approximate surface area is 190 Å². The topological polar surface area (TPSA) is 166 Å². The molecule has 1 aromatic rings. The number of nitrogens with one attached hydrogen (secondary N) is 2. The van der Waals surface area contributed by atoms with Gasteiger partial charge in [0.15, 0.2) is 5.96 Å². The molecule has 0 saturated carbocycles. The number of hydrogen-bond donors (Lipinski definition) is 5. The minimum absolute atomic E-state index is 0.0131. The first kappa shape index (κ1) is 26.6. The van der Waals surface area contributed by atoms with Gasteiger partial charge < -0.3 is 16.6 Å². The Balaban J connectivity index is 2.72. The molecular formula is C19H28Cl2N6O4. The average Bonchev–Trinajstić information content (AvgIpc) is 2.66. The van der Waals surface area contributed by atoms with Crippen molar-refractivity contribution in [3.8, 4) is 0 Å². The van der Waals surface area contributed by atoms with Gasteiger partial charge in [0.05, 0.1) is 10.0 Å². The van der Waals surface area contributed by atoms with Crippen LogP contribution in [0.4, 0.5) is 0 Å². The normalized spacial score (nSPS) is 11.8. The number of carbonyl (C=O) groups excluding carboxylic acids is 2. The smallest absolute Gasteiger partial charge is 0.320 e. The van der Waals surface area contributed by atoms with Crippen molar-refractivity contribution in [2.24, 2.45) is 11.5 Å². The third-order valence-electron chi connectivity index (χ3n) is 4.33. The lowest BCUT2D eigenvalue weighted by Gasteiger charge is -2.28. The second kappa shape index (κ2) is 12.5. The van der Waals surface area contributed by atoms with Crippen LogP contribution in [0.25, 0.3) is 0 Å². The standard InChI is InChI=1S/C19H28Cl2N6O4/c1-11(2)27(25-10-12-5-6-13(20)14(21)8-12)17(29)9-16(28)26(19(23)24)7-3-4-15(22)18(30)31/h5-6,8,11,15,25H,3-4,7,9-10,22H2,1-2H3,(H3,23,24)(H,30,31). The molecule has 1 atom stereocenters. The summed E-state index contributed by atoms with van der Waals surface area (Å²) in [6.07, 6.45) is -0.197. The van der Waals surface area contributed by atoms with Gasteiger partial charge in [-0.3, -0.25) is 29.7 Å². The zero-order chi connectivity index (χ0) is 23.7. The van der Waals surface area contributed by atoms with Crippen LogP contribution in [0.1, 0.15) is 38.7 Å². The van der Waals surface area contributed by atoms with E-state index >= 15 is 0 Å². The molecule has 1 aromatic carbocycles. The fourth-order valence-corrected chi connectivity index (χ4v) is 2.99. The Kier molecular flexibility index (Phi) is 10.7. The molecule has 2 amide bonds. The quantitative estimate of drug-likeness (QED) is 0.140. The molecule has 1 rings (SSSR count). The van der Waals surface area contributed by atoms with E-state index < -0.39 is 36.2 Å². The second-order valence-electron chi connectivity index (χ2n) is 7.14. The van der Waals surface area contributed by atoms with Crippen molar-refractivity contribution in [3.05, 3.63) is 33.8 Å². The molecule has 0 heterocycles. The van der Waals surface area contributed by atoms with Gasteiger partial charge >= 0.3 is 5.97 Å². The minimum atomic E-state index is -1.16. The fourth-order valence-electron chi connectivity index (χ4n) is 2.67. The maximum absolute atomic E-state index is 12.7. The number of hydrazine groups is 1. The van der Waals surface area contributed by atoms with Gasteiger partial charge in [0, 0.05) is 19.1 Å². The van der Waals surface area contributed by atoms with E-state index in [0.717, 1.165) is 10.5 Å². The number of carboxylic acids is 1. The SMILES string of the molecule is CC(C)N(NCc1ccc(Cl)c(Cl)c1)C(=O)CC(=O)N(CCCC(N)C(=O)O)C(=N)N. The van der Waals surface area contributed by atoms with Gasteiger partial charge in [-0.05, 0) is 44.4 Å². The number of nitrogens with two attached hydrogens (primary N) is 2. The van der Waals surface area contributed by atoms with Gasteiger partial charge in [-0.2, -0.15) is 0 Å². The summed E-state index contributed by atoms with van der Waals surface area (Å²) >= 11 is 11.9. The molecule has 0 aromatic heterocycles. The fraction of sp³-hybridized carbons (Fsp3) is 0.474. The Morgan fingerprint density at radius 1 is 1.19 bits per heavy atom. The summed E-state index contributed by atoms with van der Waals surface area (Å²) in [5.41, 5.74) is 14.7. The summed E-state index contributed by atoms with van der Waals surface area (Å²) in [5, 5.41) is 18.5. The Bertz CT molecular complexity index is 821. The first-order chi connectivity index (χ1) is 14.4. The highest BCUT2D eigenvalue weighted by Gasteiger charge is 2.25. The molecule has 0 saturated heterocycles. The lowest BCUT2D eigenvalue weighted by atomic mass is 10.1. The molecule has 12 heteroatoms. The van der Waals surface area contributed by atoms with Crippen LogP contribution in [0.3, 0.4) is 0 Å². The molecule has 0 bridgehead atoms. The first-order valence-electron chi connectivity index (χ1n) is 9.56. The van der Waals surface area contributed by atoms with E-state index in [4.69, 9.17) is 45.2 Å². The Hall–Kier alpha value is -2.40. The third kappa shape index (κ3) is 8.70.